The second kappa shape index (κ2) is 5.52. The van der Waals surface area contributed by atoms with Gasteiger partial charge >= 0.3 is 5.97 Å². The van der Waals surface area contributed by atoms with Crippen LogP contribution in [0.5, 0.6) is 5.75 Å². The molecule has 1 N–H and O–H groups in total. The molecule has 4 nitrogen and oxygen atoms in total. The minimum atomic E-state index is -1.48. The van der Waals surface area contributed by atoms with Crippen molar-refractivity contribution in [3.63, 3.8) is 0 Å². The van der Waals surface area contributed by atoms with Crippen molar-refractivity contribution in [3.8, 4) is 5.75 Å². The fourth-order valence-electron chi connectivity index (χ4n) is 1.77. The predicted molar refractivity (Wildman–Crippen MR) is 71.5 cm³/mol. The maximum Gasteiger partial charge on any atom is 0.377 e. The Morgan fingerprint density at radius 2 is 1.94 bits per heavy atom. The summed E-state index contributed by atoms with van der Waals surface area (Å²) in [5, 5.41) is 8.88. The first kappa shape index (κ1) is 14.7. The summed E-state index contributed by atoms with van der Waals surface area (Å²) in [6, 6.07) is 1.86. The van der Waals surface area contributed by atoms with E-state index >= 15 is 0 Å². The largest absolute Gasteiger partial charge is 0.496 e. The van der Waals surface area contributed by atoms with Crippen LogP contribution in [0, 0.1) is 6.92 Å². The Morgan fingerprint density at radius 3 is 2.33 bits per heavy atom. The molecule has 18 heavy (non-hydrogen) atoms. The van der Waals surface area contributed by atoms with E-state index < -0.39 is 11.8 Å². The smallest absolute Gasteiger partial charge is 0.377 e. The number of aliphatic carboxylic acids is 1. The van der Waals surface area contributed by atoms with E-state index in [1.807, 2.05) is 19.9 Å². The van der Waals surface area contributed by atoms with Crippen LogP contribution in [-0.4, -0.2) is 24.0 Å². The number of hydrogen-bond acceptors (Lipinski definition) is 3. The van der Waals surface area contributed by atoms with Crippen LogP contribution in [0.4, 0.5) is 0 Å². The lowest BCUT2D eigenvalue weighted by Crippen LogP contribution is -2.17. The standard InChI is InChI=1S/C13H15BrO4/c1-6(2)8-5-9(14)7(3)10(12(8)18-4)11(15)13(16)17/h5-6H,1-4H3,(H,16,17). The molecule has 0 atom stereocenters. The van der Waals surface area contributed by atoms with Crippen LogP contribution in [0.3, 0.4) is 0 Å². The van der Waals surface area contributed by atoms with Crippen LogP contribution in [0.25, 0.3) is 0 Å². The highest BCUT2D eigenvalue weighted by Crippen LogP contribution is 2.36. The number of carbonyl (C=O) groups is 2. The number of methoxy groups -OCH3 is 1. The Morgan fingerprint density at radius 1 is 1.39 bits per heavy atom. The molecule has 0 radical (unpaired) electrons. The van der Waals surface area contributed by atoms with Crippen molar-refractivity contribution in [1.29, 1.82) is 0 Å². The van der Waals surface area contributed by atoms with Crippen molar-refractivity contribution >= 4 is 27.7 Å². The number of rotatable bonds is 4. The number of hydrogen-bond donors (Lipinski definition) is 1. The first-order valence-corrected chi connectivity index (χ1v) is 6.25. The monoisotopic (exact) mass is 314 g/mol. The molecule has 0 bridgehead atoms. The molecule has 1 rings (SSSR count). The summed E-state index contributed by atoms with van der Waals surface area (Å²) in [6.45, 7) is 5.59. The van der Waals surface area contributed by atoms with Crippen LogP contribution in [0.1, 0.15) is 41.3 Å². The topological polar surface area (TPSA) is 63.6 Å². The summed E-state index contributed by atoms with van der Waals surface area (Å²) in [7, 11) is 1.44. The molecule has 1 aromatic carbocycles. The molecular formula is C13H15BrO4. The molecule has 5 heteroatoms. The van der Waals surface area contributed by atoms with Crippen LogP contribution < -0.4 is 4.74 Å². The van der Waals surface area contributed by atoms with E-state index in [0.29, 0.717) is 15.8 Å². The lowest BCUT2D eigenvalue weighted by molar-refractivity contribution is -0.131. The number of Topliss-reactive ketones (excluding diaryl/α,β-unsaturated/α-hetero) is 1. The quantitative estimate of drug-likeness (QED) is 0.685. The Kier molecular flexibility index (Phi) is 4.51. The van der Waals surface area contributed by atoms with Crippen LogP contribution in [0.15, 0.2) is 10.5 Å². The van der Waals surface area contributed by atoms with E-state index in [0.717, 1.165) is 5.56 Å². The van der Waals surface area contributed by atoms with Gasteiger partial charge in [-0.3, -0.25) is 4.79 Å². The van der Waals surface area contributed by atoms with E-state index in [2.05, 4.69) is 15.9 Å². The van der Waals surface area contributed by atoms with Gasteiger partial charge < -0.3 is 9.84 Å². The number of carbonyl (C=O) groups excluding carboxylic acids is 1. The molecule has 0 aliphatic rings. The van der Waals surface area contributed by atoms with E-state index in [-0.39, 0.29) is 11.5 Å². The van der Waals surface area contributed by atoms with Gasteiger partial charge in [0.05, 0.1) is 12.7 Å². The highest BCUT2D eigenvalue weighted by Gasteiger charge is 2.26. The van der Waals surface area contributed by atoms with Crippen molar-refractivity contribution in [2.24, 2.45) is 0 Å². The van der Waals surface area contributed by atoms with E-state index in [1.165, 1.54) is 7.11 Å². The Balaban J connectivity index is 3.66. The van der Waals surface area contributed by atoms with Gasteiger partial charge in [0.2, 0.25) is 0 Å². The van der Waals surface area contributed by atoms with Gasteiger partial charge in [-0.15, -0.1) is 0 Å². The van der Waals surface area contributed by atoms with Crippen molar-refractivity contribution in [2.45, 2.75) is 26.7 Å². The SMILES string of the molecule is COc1c(C(C)C)cc(Br)c(C)c1C(=O)C(=O)O. The van der Waals surface area contributed by atoms with Gasteiger partial charge in [0, 0.05) is 4.47 Å². The van der Waals surface area contributed by atoms with Crippen molar-refractivity contribution in [2.75, 3.05) is 7.11 Å². The lowest BCUT2D eigenvalue weighted by atomic mass is 9.94. The summed E-state index contributed by atoms with van der Waals surface area (Å²) in [5.74, 6) is -1.97. The lowest BCUT2D eigenvalue weighted by Gasteiger charge is -2.18. The van der Waals surface area contributed by atoms with Crippen molar-refractivity contribution < 1.29 is 19.4 Å². The third-order valence-electron chi connectivity index (χ3n) is 2.75. The molecule has 0 aromatic heterocycles. The van der Waals surface area contributed by atoms with E-state index in [4.69, 9.17) is 9.84 Å². The molecule has 98 valence electrons. The molecule has 0 aliphatic carbocycles. The van der Waals surface area contributed by atoms with Gasteiger partial charge in [0.25, 0.3) is 5.78 Å². The molecule has 0 fully saturated rings. The van der Waals surface area contributed by atoms with Crippen LogP contribution in [0.2, 0.25) is 0 Å². The van der Waals surface area contributed by atoms with Gasteiger partial charge in [-0.05, 0) is 30.0 Å². The Bertz CT molecular complexity index is 506. The normalized spacial score (nSPS) is 10.6. The number of halogens is 1. The highest BCUT2D eigenvalue weighted by atomic mass is 79.9. The minimum Gasteiger partial charge on any atom is -0.496 e. The molecule has 0 saturated carbocycles. The molecule has 0 unspecified atom stereocenters. The minimum absolute atomic E-state index is 0.114. The zero-order valence-electron chi connectivity index (χ0n) is 10.7. The molecule has 0 aliphatic heterocycles. The molecule has 0 amide bonds. The van der Waals surface area contributed by atoms with E-state index in [1.54, 1.807) is 6.92 Å². The summed E-state index contributed by atoms with van der Waals surface area (Å²) < 4.78 is 5.95. The van der Waals surface area contributed by atoms with E-state index in [9.17, 15) is 9.59 Å². The molecule has 1 aromatic rings. The predicted octanol–water partition coefficient (Wildman–Crippen LogP) is 3.16. The van der Waals surface area contributed by atoms with Crippen molar-refractivity contribution in [3.05, 3.63) is 27.2 Å². The second-order valence-electron chi connectivity index (χ2n) is 4.27. The summed E-state index contributed by atoms with van der Waals surface area (Å²) >= 11 is 3.35. The number of ether oxygens (including phenoxy) is 1. The third-order valence-corrected chi connectivity index (χ3v) is 3.58. The van der Waals surface area contributed by atoms with Gasteiger partial charge in [0.1, 0.15) is 5.75 Å². The highest BCUT2D eigenvalue weighted by molar-refractivity contribution is 9.10. The van der Waals surface area contributed by atoms with Gasteiger partial charge in [-0.2, -0.15) is 0 Å². The molecule has 0 saturated heterocycles. The summed E-state index contributed by atoms with van der Waals surface area (Å²) in [5.41, 5.74) is 1.49. The Labute approximate surface area is 114 Å². The number of carboxylic acids is 1. The second-order valence-corrected chi connectivity index (χ2v) is 5.12. The first-order chi connectivity index (χ1) is 8.31. The fourth-order valence-corrected chi connectivity index (χ4v) is 2.22. The number of carboxylic acid groups (broad SMARTS) is 1. The molecular weight excluding hydrogens is 300 g/mol. The zero-order valence-corrected chi connectivity index (χ0v) is 12.3. The summed E-state index contributed by atoms with van der Waals surface area (Å²) in [6.07, 6.45) is 0. The first-order valence-electron chi connectivity index (χ1n) is 5.45. The maximum absolute atomic E-state index is 11.8. The number of ketones is 1. The molecule has 0 heterocycles. The zero-order chi connectivity index (χ0) is 14.0. The fraction of sp³-hybridized carbons (Fsp3) is 0.385. The Hall–Kier alpha value is -1.36. The van der Waals surface area contributed by atoms with Gasteiger partial charge in [-0.1, -0.05) is 29.8 Å². The average molecular weight is 315 g/mol. The summed E-state index contributed by atoms with van der Waals surface area (Å²) in [4.78, 5) is 22.7. The molecule has 0 spiro atoms. The van der Waals surface area contributed by atoms with Gasteiger partial charge in [-0.25, -0.2) is 4.79 Å². The number of benzene rings is 1. The average Bonchev–Trinajstić information content (AvgIpc) is 2.30. The third kappa shape index (κ3) is 2.56. The maximum atomic E-state index is 11.8. The van der Waals surface area contributed by atoms with Crippen molar-refractivity contribution in [1.82, 2.24) is 0 Å². The van der Waals surface area contributed by atoms with Crippen LogP contribution >= 0.6 is 15.9 Å². The van der Waals surface area contributed by atoms with Crippen LogP contribution in [-0.2, 0) is 4.79 Å². The van der Waals surface area contributed by atoms with Gasteiger partial charge in [0.15, 0.2) is 0 Å².